The Hall–Kier alpha value is -2.45. The molecular weight excluding hydrogens is 346 g/mol. The molecule has 0 aliphatic rings. The Morgan fingerprint density at radius 3 is 2.15 bits per heavy atom. The van der Waals surface area contributed by atoms with Gasteiger partial charge in [-0.3, -0.25) is 14.4 Å². The second kappa shape index (κ2) is 12.0. The van der Waals surface area contributed by atoms with Gasteiger partial charge in [-0.2, -0.15) is 0 Å². The number of nitrogens with one attached hydrogen (secondary N) is 3. The van der Waals surface area contributed by atoms with E-state index in [1.807, 2.05) is 30.3 Å². The SMILES string of the molecule is CNC(=O)C(CCCC[NH3+])NC(=O)C(Cc1ccccc1)NC(=O)C(C)[NH3+]. The molecule has 0 saturated carbocycles. The molecule has 9 N–H and O–H groups in total. The van der Waals surface area contributed by atoms with Gasteiger partial charge in [0.05, 0.1) is 6.54 Å². The van der Waals surface area contributed by atoms with Crippen molar-refractivity contribution in [3.05, 3.63) is 35.9 Å². The molecule has 1 aromatic rings. The summed E-state index contributed by atoms with van der Waals surface area (Å²) in [5, 5.41) is 8.10. The second-order valence-corrected chi connectivity index (χ2v) is 6.68. The molecule has 0 aliphatic carbocycles. The van der Waals surface area contributed by atoms with Crippen molar-refractivity contribution in [2.75, 3.05) is 13.6 Å². The molecule has 1 rings (SSSR count). The molecule has 0 aromatic heterocycles. The van der Waals surface area contributed by atoms with Gasteiger partial charge in [-0.15, -0.1) is 0 Å². The molecule has 0 radical (unpaired) electrons. The molecule has 1 aromatic carbocycles. The van der Waals surface area contributed by atoms with E-state index in [2.05, 4.69) is 27.4 Å². The van der Waals surface area contributed by atoms with Gasteiger partial charge in [0.25, 0.3) is 5.91 Å². The molecule has 8 nitrogen and oxygen atoms in total. The highest BCUT2D eigenvalue weighted by Crippen LogP contribution is 2.06. The summed E-state index contributed by atoms with van der Waals surface area (Å²) in [6, 6.07) is 7.53. The number of rotatable bonds is 11. The van der Waals surface area contributed by atoms with Crippen LogP contribution in [-0.2, 0) is 20.8 Å². The van der Waals surface area contributed by atoms with Gasteiger partial charge in [-0.1, -0.05) is 30.3 Å². The van der Waals surface area contributed by atoms with E-state index in [1.54, 1.807) is 6.92 Å². The molecule has 0 heterocycles. The Kier molecular flexibility index (Phi) is 10.1. The van der Waals surface area contributed by atoms with Crippen LogP contribution in [0.2, 0.25) is 0 Å². The molecule has 3 atom stereocenters. The van der Waals surface area contributed by atoms with E-state index in [-0.39, 0.29) is 17.7 Å². The summed E-state index contributed by atoms with van der Waals surface area (Å²) in [4.78, 5) is 37.0. The fourth-order valence-corrected chi connectivity index (χ4v) is 2.61. The Morgan fingerprint density at radius 1 is 0.963 bits per heavy atom. The molecule has 27 heavy (non-hydrogen) atoms. The summed E-state index contributed by atoms with van der Waals surface area (Å²) in [7, 11) is 1.54. The largest absolute Gasteiger partial charge is 0.358 e. The van der Waals surface area contributed by atoms with Gasteiger partial charge in [-0.05, 0) is 31.7 Å². The number of unbranched alkanes of at least 4 members (excludes halogenated alkanes) is 1. The lowest BCUT2D eigenvalue weighted by molar-refractivity contribution is -0.398. The van der Waals surface area contributed by atoms with Crippen LogP contribution in [0.4, 0.5) is 0 Å². The lowest BCUT2D eigenvalue weighted by atomic mass is 10.0. The highest BCUT2D eigenvalue weighted by atomic mass is 16.2. The van der Waals surface area contributed by atoms with Crippen LogP contribution in [0.25, 0.3) is 0 Å². The molecule has 3 amide bonds. The van der Waals surface area contributed by atoms with Gasteiger partial charge in [0, 0.05) is 13.5 Å². The Balaban J connectivity index is 2.88. The van der Waals surface area contributed by atoms with Gasteiger partial charge in [0.15, 0.2) is 6.04 Å². The maximum atomic E-state index is 12.8. The first-order valence-corrected chi connectivity index (χ1v) is 9.37. The van der Waals surface area contributed by atoms with Crippen molar-refractivity contribution in [2.24, 2.45) is 0 Å². The number of carbonyl (C=O) groups is 3. The van der Waals surface area contributed by atoms with E-state index in [1.165, 1.54) is 7.05 Å². The zero-order valence-electron chi connectivity index (χ0n) is 16.3. The van der Waals surface area contributed by atoms with Gasteiger partial charge in [0.2, 0.25) is 11.8 Å². The first-order valence-electron chi connectivity index (χ1n) is 9.37. The smallest absolute Gasteiger partial charge is 0.278 e. The second-order valence-electron chi connectivity index (χ2n) is 6.68. The van der Waals surface area contributed by atoms with Gasteiger partial charge in [-0.25, -0.2) is 0 Å². The van der Waals surface area contributed by atoms with Gasteiger partial charge < -0.3 is 27.4 Å². The molecule has 0 aliphatic heterocycles. The fraction of sp³-hybridized carbons (Fsp3) is 0.526. The quantitative estimate of drug-likeness (QED) is 0.283. The fourth-order valence-electron chi connectivity index (χ4n) is 2.61. The van der Waals surface area contributed by atoms with E-state index in [9.17, 15) is 14.4 Å². The Labute approximate surface area is 160 Å². The van der Waals surface area contributed by atoms with Crippen LogP contribution in [0, 0.1) is 0 Å². The van der Waals surface area contributed by atoms with Gasteiger partial charge in [0.1, 0.15) is 12.1 Å². The summed E-state index contributed by atoms with van der Waals surface area (Å²) >= 11 is 0. The number of likely N-dealkylation sites (N-methyl/N-ethyl adjacent to an activating group) is 1. The minimum absolute atomic E-state index is 0.247. The molecule has 0 spiro atoms. The predicted octanol–water partition coefficient (Wildman–Crippen LogP) is -2.01. The highest BCUT2D eigenvalue weighted by Gasteiger charge is 2.27. The predicted molar refractivity (Wildman–Crippen MR) is 102 cm³/mol. The number of hydrogen-bond donors (Lipinski definition) is 5. The molecule has 8 heteroatoms. The van der Waals surface area contributed by atoms with E-state index < -0.39 is 18.1 Å². The highest BCUT2D eigenvalue weighted by molar-refractivity contribution is 5.92. The minimum Gasteiger partial charge on any atom is -0.358 e. The third kappa shape index (κ3) is 8.19. The number of quaternary nitrogens is 2. The summed E-state index contributed by atoms with van der Waals surface area (Å²) in [6.07, 6.45) is 2.53. The summed E-state index contributed by atoms with van der Waals surface area (Å²) in [5.41, 5.74) is 8.41. The molecule has 3 unspecified atom stereocenters. The standard InChI is InChI=1S/C19H31N5O3/c1-13(21)17(25)24-16(12-14-8-4-3-5-9-14)19(27)23-15(18(26)22-2)10-6-7-11-20/h3-5,8-9,13,15-16H,6-7,10-12,20-21H2,1-2H3,(H,22,26)(H,23,27)(H,24,25)/p+2. The Morgan fingerprint density at radius 2 is 1.59 bits per heavy atom. The number of hydrogen-bond acceptors (Lipinski definition) is 3. The van der Waals surface area contributed by atoms with Crippen molar-refractivity contribution in [1.29, 1.82) is 0 Å². The van der Waals surface area contributed by atoms with E-state index in [0.717, 1.165) is 24.9 Å². The number of benzene rings is 1. The molecular formula is C19H33N5O3+2. The van der Waals surface area contributed by atoms with Crippen LogP contribution in [0.3, 0.4) is 0 Å². The topological polar surface area (TPSA) is 143 Å². The maximum Gasteiger partial charge on any atom is 0.278 e. The molecule has 0 fully saturated rings. The summed E-state index contributed by atoms with van der Waals surface area (Å²) in [6.45, 7) is 2.45. The number of amides is 3. The third-order valence-corrected chi connectivity index (χ3v) is 4.24. The van der Waals surface area contributed by atoms with Crippen LogP contribution in [0.15, 0.2) is 30.3 Å². The van der Waals surface area contributed by atoms with Crippen molar-refractivity contribution in [3.63, 3.8) is 0 Å². The van der Waals surface area contributed by atoms with Crippen molar-refractivity contribution in [2.45, 2.75) is 50.7 Å². The molecule has 150 valence electrons. The first kappa shape index (κ1) is 22.6. The van der Waals surface area contributed by atoms with Crippen molar-refractivity contribution in [3.8, 4) is 0 Å². The first-order chi connectivity index (χ1) is 12.9. The van der Waals surface area contributed by atoms with Crippen LogP contribution in [0.1, 0.15) is 31.7 Å². The monoisotopic (exact) mass is 379 g/mol. The molecule has 0 bridgehead atoms. The van der Waals surface area contributed by atoms with Crippen molar-refractivity contribution in [1.82, 2.24) is 16.0 Å². The maximum absolute atomic E-state index is 12.8. The van der Waals surface area contributed by atoms with E-state index >= 15 is 0 Å². The average molecular weight is 380 g/mol. The normalized spacial score (nSPS) is 13.9. The lowest BCUT2D eigenvalue weighted by Crippen LogP contribution is -2.67. The van der Waals surface area contributed by atoms with E-state index in [0.29, 0.717) is 12.8 Å². The van der Waals surface area contributed by atoms with Crippen LogP contribution < -0.4 is 27.4 Å². The lowest BCUT2D eigenvalue weighted by Gasteiger charge is -2.23. The van der Waals surface area contributed by atoms with Gasteiger partial charge >= 0.3 is 0 Å². The van der Waals surface area contributed by atoms with Crippen molar-refractivity contribution >= 4 is 17.7 Å². The Bertz CT molecular complexity index is 607. The zero-order chi connectivity index (χ0) is 20.2. The number of carbonyl (C=O) groups excluding carboxylic acids is 3. The summed E-state index contributed by atoms with van der Waals surface area (Å²) < 4.78 is 0. The zero-order valence-corrected chi connectivity index (χ0v) is 16.3. The van der Waals surface area contributed by atoms with E-state index in [4.69, 9.17) is 0 Å². The van der Waals surface area contributed by atoms with Crippen LogP contribution >= 0.6 is 0 Å². The third-order valence-electron chi connectivity index (χ3n) is 4.24. The molecule has 0 saturated heterocycles. The van der Waals surface area contributed by atoms with Crippen LogP contribution in [-0.4, -0.2) is 49.4 Å². The average Bonchev–Trinajstić information content (AvgIpc) is 2.66. The van der Waals surface area contributed by atoms with Crippen molar-refractivity contribution < 1.29 is 25.9 Å². The summed E-state index contributed by atoms with van der Waals surface area (Å²) in [5.74, 6) is -0.932. The minimum atomic E-state index is -0.774. The van der Waals surface area contributed by atoms with Crippen LogP contribution in [0.5, 0.6) is 0 Å².